The molecule has 16 heavy (non-hydrogen) atoms. The Balaban J connectivity index is 1.97. The molecule has 0 saturated carbocycles. The molecule has 0 atom stereocenters. The van der Waals surface area contributed by atoms with Gasteiger partial charge in [0.05, 0.1) is 11.9 Å². The Morgan fingerprint density at radius 2 is 1.75 bits per heavy atom. The molecule has 0 aliphatic carbocycles. The zero-order chi connectivity index (χ0) is 11.4. The van der Waals surface area contributed by atoms with Crippen LogP contribution in [0.2, 0.25) is 10.2 Å². The first kappa shape index (κ1) is 11.2. The summed E-state index contributed by atoms with van der Waals surface area (Å²) in [6, 6.07) is 11.4. The van der Waals surface area contributed by atoms with Gasteiger partial charge in [0.2, 0.25) is 0 Å². The van der Waals surface area contributed by atoms with E-state index in [0.717, 1.165) is 17.3 Å². The molecule has 1 aromatic heterocycles. The van der Waals surface area contributed by atoms with Crippen LogP contribution in [-0.2, 0) is 6.54 Å². The molecule has 2 rings (SSSR count). The largest absolute Gasteiger partial charge is 0.380 e. The third-order valence-corrected chi connectivity index (χ3v) is 2.61. The molecule has 0 bridgehead atoms. The van der Waals surface area contributed by atoms with Crippen LogP contribution >= 0.6 is 23.2 Å². The van der Waals surface area contributed by atoms with Gasteiger partial charge >= 0.3 is 0 Å². The summed E-state index contributed by atoms with van der Waals surface area (Å²) in [6.45, 7) is 0.737. The van der Waals surface area contributed by atoms with Gasteiger partial charge in [0.1, 0.15) is 5.15 Å². The molecule has 0 amide bonds. The van der Waals surface area contributed by atoms with E-state index in [1.807, 2.05) is 30.3 Å². The van der Waals surface area contributed by atoms with Crippen molar-refractivity contribution in [1.82, 2.24) is 4.98 Å². The molecule has 2 nitrogen and oxygen atoms in total. The minimum absolute atomic E-state index is 0.497. The number of benzene rings is 1. The first-order valence-electron chi connectivity index (χ1n) is 4.84. The molecule has 1 N–H and O–H groups in total. The first-order valence-corrected chi connectivity index (χ1v) is 5.59. The molecule has 0 radical (unpaired) electrons. The molecule has 4 heteroatoms. The van der Waals surface area contributed by atoms with Crippen LogP contribution in [0.15, 0.2) is 42.6 Å². The number of hydrogen-bond acceptors (Lipinski definition) is 2. The minimum Gasteiger partial charge on any atom is -0.380 e. The van der Waals surface area contributed by atoms with Crippen molar-refractivity contribution in [3.05, 3.63) is 58.3 Å². The van der Waals surface area contributed by atoms with Crippen molar-refractivity contribution in [2.45, 2.75) is 6.54 Å². The average Bonchev–Trinajstić information content (AvgIpc) is 2.30. The summed E-state index contributed by atoms with van der Waals surface area (Å²) in [5.74, 6) is 0. The van der Waals surface area contributed by atoms with Gasteiger partial charge in [0.15, 0.2) is 0 Å². The van der Waals surface area contributed by atoms with E-state index in [2.05, 4.69) is 10.3 Å². The Morgan fingerprint density at radius 3 is 2.38 bits per heavy atom. The molecule has 1 heterocycles. The van der Waals surface area contributed by atoms with Crippen LogP contribution in [0.4, 0.5) is 5.69 Å². The third kappa shape index (κ3) is 3.12. The lowest BCUT2D eigenvalue weighted by atomic mass is 10.2. The fourth-order valence-corrected chi connectivity index (χ4v) is 1.52. The Kier molecular flexibility index (Phi) is 3.65. The lowest BCUT2D eigenvalue weighted by Gasteiger charge is -2.05. The van der Waals surface area contributed by atoms with Crippen LogP contribution < -0.4 is 5.32 Å². The normalized spacial score (nSPS) is 10.1. The van der Waals surface area contributed by atoms with Crippen molar-refractivity contribution in [1.29, 1.82) is 0 Å². The molecule has 1 aromatic carbocycles. The second kappa shape index (κ2) is 5.19. The number of nitrogens with zero attached hydrogens (tertiary/aromatic N) is 1. The number of aromatic nitrogens is 1. The molecule has 0 spiro atoms. The van der Waals surface area contributed by atoms with Crippen LogP contribution in [0.25, 0.3) is 0 Å². The summed E-state index contributed by atoms with van der Waals surface area (Å²) in [5.41, 5.74) is 2.11. The van der Waals surface area contributed by atoms with Crippen LogP contribution in [0.1, 0.15) is 5.56 Å². The highest BCUT2D eigenvalue weighted by atomic mass is 35.5. The number of anilines is 1. The highest BCUT2D eigenvalue weighted by Crippen LogP contribution is 2.13. The summed E-state index contributed by atoms with van der Waals surface area (Å²) in [4.78, 5) is 3.99. The number of pyridine rings is 1. The van der Waals surface area contributed by atoms with E-state index >= 15 is 0 Å². The van der Waals surface area contributed by atoms with Gasteiger partial charge in [0.25, 0.3) is 0 Å². The molecular weight excluding hydrogens is 243 g/mol. The predicted octanol–water partition coefficient (Wildman–Crippen LogP) is 4.00. The lowest BCUT2D eigenvalue weighted by Crippen LogP contribution is -1.99. The van der Waals surface area contributed by atoms with Crippen LogP contribution in [0.5, 0.6) is 0 Å². The summed E-state index contributed by atoms with van der Waals surface area (Å²) in [6.07, 6.45) is 1.71. The van der Waals surface area contributed by atoms with Gasteiger partial charge in [-0.3, -0.25) is 0 Å². The second-order valence-electron chi connectivity index (χ2n) is 3.35. The highest BCUT2D eigenvalue weighted by molar-refractivity contribution is 6.30. The number of nitrogens with one attached hydrogen (secondary N) is 1. The Morgan fingerprint density at radius 1 is 1.00 bits per heavy atom. The molecule has 82 valence electrons. The monoisotopic (exact) mass is 252 g/mol. The highest BCUT2D eigenvalue weighted by Gasteiger charge is 1.95. The van der Waals surface area contributed by atoms with Gasteiger partial charge in [-0.1, -0.05) is 35.3 Å². The van der Waals surface area contributed by atoms with Gasteiger partial charge in [0, 0.05) is 11.6 Å². The van der Waals surface area contributed by atoms with Crippen molar-refractivity contribution in [3.8, 4) is 0 Å². The van der Waals surface area contributed by atoms with E-state index in [9.17, 15) is 0 Å². The van der Waals surface area contributed by atoms with Crippen molar-refractivity contribution in [2.24, 2.45) is 0 Å². The predicted molar refractivity (Wildman–Crippen MR) is 68.0 cm³/mol. The van der Waals surface area contributed by atoms with E-state index in [-0.39, 0.29) is 0 Å². The number of halogens is 2. The molecule has 0 unspecified atom stereocenters. The van der Waals surface area contributed by atoms with Gasteiger partial charge in [-0.15, -0.1) is 0 Å². The van der Waals surface area contributed by atoms with Crippen molar-refractivity contribution in [2.75, 3.05) is 5.32 Å². The first-order chi connectivity index (χ1) is 7.74. The standard InChI is InChI=1S/C12H10Cl2N2/c13-10-3-1-9(2-4-10)7-15-11-5-6-12(14)16-8-11/h1-6,8,15H,7H2. The molecule has 0 aliphatic heterocycles. The van der Waals surface area contributed by atoms with E-state index in [4.69, 9.17) is 23.2 Å². The van der Waals surface area contributed by atoms with E-state index < -0.39 is 0 Å². The maximum atomic E-state index is 5.80. The SMILES string of the molecule is Clc1ccc(CNc2ccc(Cl)nc2)cc1. The zero-order valence-corrected chi connectivity index (χ0v) is 9.96. The van der Waals surface area contributed by atoms with E-state index in [1.54, 1.807) is 12.3 Å². The molecular formula is C12H10Cl2N2. The molecule has 0 fully saturated rings. The summed E-state index contributed by atoms with van der Waals surface area (Å²) in [7, 11) is 0. The van der Waals surface area contributed by atoms with Crippen molar-refractivity contribution < 1.29 is 0 Å². The van der Waals surface area contributed by atoms with Gasteiger partial charge < -0.3 is 5.32 Å². The van der Waals surface area contributed by atoms with Crippen LogP contribution in [0.3, 0.4) is 0 Å². The average molecular weight is 253 g/mol. The van der Waals surface area contributed by atoms with Gasteiger partial charge in [-0.2, -0.15) is 0 Å². The topological polar surface area (TPSA) is 24.9 Å². The second-order valence-corrected chi connectivity index (χ2v) is 4.17. The maximum Gasteiger partial charge on any atom is 0.129 e. The van der Waals surface area contributed by atoms with E-state index in [1.165, 1.54) is 5.56 Å². The summed E-state index contributed by atoms with van der Waals surface area (Å²) in [5, 5.41) is 4.49. The molecule has 2 aromatic rings. The van der Waals surface area contributed by atoms with Gasteiger partial charge in [-0.05, 0) is 29.8 Å². The summed E-state index contributed by atoms with van der Waals surface area (Å²) >= 11 is 11.5. The zero-order valence-electron chi connectivity index (χ0n) is 8.45. The van der Waals surface area contributed by atoms with Gasteiger partial charge in [-0.25, -0.2) is 4.98 Å². The number of hydrogen-bond donors (Lipinski definition) is 1. The molecule has 0 saturated heterocycles. The van der Waals surface area contributed by atoms with Crippen molar-refractivity contribution in [3.63, 3.8) is 0 Å². The minimum atomic E-state index is 0.497. The number of rotatable bonds is 3. The van der Waals surface area contributed by atoms with Crippen molar-refractivity contribution >= 4 is 28.9 Å². The maximum absolute atomic E-state index is 5.80. The Hall–Kier alpha value is -1.25. The Bertz CT molecular complexity index is 406. The quantitative estimate of drug-likeness (QED) is 0.836. The fraction of sp³-hybridized carbons (Fsp3) is 0.0833. The lowest BCUT2D eigenvalue weighted by molar-refractivity contribution is 1.14. The van der Waals surface area contributed by atoms with E-state index in [0.29, 0.717) is 5.15 Å². The molecule has 0 aliphatic rings. The smallest absolute Gasteiger partial charge is 0.129 e. The Labute approximate surface area is 104 Å². The van der Waals surface area contributed by atoms with Crippen LogP contribution in [-0.4, -0.2) is 4.98 Å². The van der Waals surface area contributed by atoms with Crippen LogP contribution in [0, 0.1) is 0 Å². The third-order valence-electron chi connectivity index (χ3n) is 2.14. The summed E-state index contributed by atoms with van der Waals surface area (Å²) < 4.78 is 0. The fourth-order valence-electron chi connectivity index (χ4n) is 1.29.